The summed E-state index contributed by atoms with van der Waals surface area (Å²) in [5.74, 6) is 1.60. The van der Waals surface area contributed by atoms with Gasteiger partial charge < -0.3 is 15.4 Å². The van der Waals surface area contributed by atoms with E-state index in [1.807, 2.05) is 13.8 Å². The lowest BCUT2D eigenvalue weighted by Crippen LogP contribution is -2.24. The molecule has 1 aromatic rings. The van der Waals surface area contributed by atoms with E-state index in [2.05, 4.69) is 53.3 Å². The first-order valence-corrected chi connectivity index (χ1v) is 7.35. The Morgan fingerprint density at radius 3 is 2.20 bits per heavy atom. The number of anilines is 2. The number of ether oxygens (including phenoxy) is 1. The van der Waals surface area contributed by atoms with Gasteiger partial charge in [-0.05, 0) is 33.1 Å². The highest BCUT2D eigenvalue weighted by molar-refractivity contribution is 5.36. The number of nitrogens with zero attached hydrogens (tertiary/aromatic N) is 3. The summed E-state index contributed by atoms with van der Waals surface area (Å²) in [6, 6.07) is 0.635. The van der Waals surface area contributed by atoms with Crippen molar-refractivity contribution in [3.8, 4) is 6.01 Å². The second-order valence-electron chi connectivity index (χ2n) is 5.54. The Balaban J connectivity index is 2.90. The van der Waals surface area contributed by atoms with Crippen molar-refractivity contribution in [1.29, 1.82) is 0 Å². The summed E-state index contributed by atoms with van der Waals surface area (Å²) in [4.78, 5) is 13.0. The van der Waals surface area contributed by atoms with Crippen LogP contribution in [-0.4, -0.2) is 33.6 Å². The van der Waals surface area contributed by atoms with Gasteiger partial charge in [0.05, 0.1) is 6.10 Å². The molecule has 0 spiro atoms. The van der Waals surface area contributed by atoms with E-state index in [1.54, 1.807) is 0 Å². The van der Waals surface area contributed by atoms with Gasteiger partial charge in [-0.15, -0.1) is 0 Å². The second-order valence-corrected chi connectivity index (χ2v) is 5.54. The van der Waals surface area contributed by atoms with Crippen molar-refractivity contribution in [1.82, 2.24) is 15.0 Å². The third-order valence-corrected chi connectivity index (χ3v) is 2.85. The van der Waals surface area contributed by atoms with E-state index < -0.39 is 0 Å². The van der Waals surface area contributed by atoms with Gasteiger partial charge in [0, 0.05) is 12.6 Å². The topological polar surface area (TPSA) is 72.0 Å². The molecule has 1 unspecified atom stereocenters. The number of hydrogen-bond acceptors (Lipinski definition) is 6. The van der Waals surface area contributed by atoms with E-state index in [-0.39, 0.29) is 12.1 Å². The van der Waals surface area contributed by atoms with Crippen LogP contribution >= 0.6 is 0 Å². The Morgan fingerprint density at radius 1 is 1.00 bits per heavy atom. The lowest BCUT2D eigenvalue weighted by molar-refractivity contribution is 0.222. The van der Waals surface area contributed by atoms with E-state index in [4.69, 9.17) is 4.74 Å². The van der Waals surface area contributed by atoms with Gasteiger partial charge in [0.1, 0.15) is 0 Å². The van der Waals surface area contributed by atoms with Gasteiger partial charge in [-0.3, -0.25) is 0 Å². The molecule has 0 bridgehead atoms. The minimum Gasteiger partial charge on any atom is -0.461 e. The average Bonchev–Trinajstić information content (AvgIpc) is 2.35. The van der Waals surface area contributed by atoms with Crippen LogP contribution in [0.3, 0.4) is 0 Å². The fourth-order valence-corrected chi connectivity index (χ4v) is 1.37. The van der Waals surface area contributed by atoms with Crippen molar-refractivity contribution in [2.75, 3.05) is 17.2 Å². The summed E-state index contributed by atoms with van der Waals surface area (Å²) in [5.41, 5.74) is 0. The zero-order chi connectivity index (χ0) is 15.1. The minimum absolute atomic E-state index is 0.0341. The Kier molecular flexibility index (Phi) is 6.48. The quantitative estimate of drug-likeness (QED) is 0.763. The molecule has 6 nitrogen and oxygen atoms in total. The first-order chi connectivity index (χ1) is 9.42. The van der Waals surface area contributed by atoms with E-state index >= 15 is 0 Å². The molecular weight excluding hydrogens is 254 g/mol. The van der Waals surface area contributed by atoms with E-state index in [1.165, 1.54) is 0 Å². The van der Waals surface area contributed by atoms with Gasteiger partial charge in [0.15, 0.2) is 0 Å². The zero-order valence-corrected chi connectivity index (χ0v) is 13.4. The molecule has 0 amide bonds. The normalized spacial score (nSPS) is 12.6. The molecule has 20 heavy (non-hydrogen) atoms. The third-order valence-electron chi connectivity index (χ3n) is 2.85. The summed E-state index contributed by atoms with van der Waals surface area (Å²) >= 11 is 0. The van der Waals surface area contributed by atoms with Crippen molar-refractivity contribution >= 4 is 11.9 Å². The summed E-state index contributed by atoms with van der Waals surface area (Å²) in [6.07, 6.45) is 1.05. The monoisotopic (exact) mass is 281 g/mol. The Hall–Kier alpha value is -1.59. The first kappa shape index (κ1) is 16.5. The van der Waals surface area contributed by atoms with Crippen LogP contribution in [0.15, 0.2) is 0 Å². The van der Waals surface area contributed by atoms with Gasteiger partial charge in [0.25, 0.3) is 0 Å². The predicted molar refractivity (Wildman–Crippen MR) is 82.3 cm³/mol. The van der Waals surface area contributed by atoms with E-state index in [0.29, 0.717) is 23.8 Å². The van der Waals surface area contributed by atoms with Crippen LogP contribution in [0.5, 0.6) is 6.01 Å². The van der Waals surface area contributed by atoms with E-state index in [0.717, 1.165) is 13.0 Å². The van der Waals surface area contributed by atoms with Crippen molar-refractivity contribution in [3.05, 3.63) is 0 Å². The van der Waals surface area contributed by atoms with Crippen molar-refractivity contribution in [2.45, 2.75) is 60.1 Å². The van der Waals surface area contributed by atoms with Crippen LogP contribution in [0, 0.1) is 5.92 Å². The highest BCUT2D eigenvalue weighted by atomic mass is 16.5. The van der Waals surface area contributed by atoms with Crippen LogP contribution in [-0.2, 0) is 0 Å². The summed E-state index contributed by atoms with van der Waals surface area (Å²) < 4.78 is 5.58. The molecule has 1 atom stereocenters. The van der Waals surface area contributed by atoms with Crippen molar-refractivity contribution < 1.29 is 4.74 Å². The zero-order valence-electron chi connectivity index (χ0n) is 13.4. The van der Waals surface area contributed by atoms with Crippen LogP contribution in [0.4, 0.5) is 11.9 Å². The molecule has 0 saturated carbocycles. The molecule has 0 aliphatic rings. The molecule has 1 heterocycles. The Morgan fingerprint density at radius 2 is 1.65 bits per heavy atom. The summed E-state index contributed by atoms with van der Waals surface area (Å²) in [5, 5.41) is 6.46. The highest BCUT2D eigenvalue weighted by Crippen LogP contribution is 2.15. The molecule has 1 aromatic heterocycles. The highest BCUT2D eigenvalue weighted by Gasteiger charge is 2.12. The number of nitrogens with one attached hydrogen (secondary N) is 2. The molecular formula is C14H27N5O. The molecule has 0 saturated heterocycles. The fourth-order valence-electron chi connectivity index (χ4n) is 1.37. The van der Waals surface area contributed by atoms with Gasteiger partial charge in [-0.25, -0.2) is 0 Å². The number of hydrogen-bond donors (Lipinski definition) is 2. The van der Waals surface area contributed by atoms with E-state index in [9.17, 15) is 0 Å². The van der Waals surface area contributed by atoms with Crippen LogP contribution in [0.25, 0.3) is 0 Å². The molecule has 0 radical (unpaired) electrons. The van der Waals surface area contributed by atoms with Gasteiger partial charge in [-0.2, -0.15) is 15.0 Å². The summed E-state index contributed by atoms with van der Waals surface area (Å²) in [7, 11) is 0. The Labute approximate surface area is 121 Å². The molecule has 0 aliphatic heterocycles. The first-order valence-electron chi connectivity index (χ1n) is 7.35. The molecule has 1 rings (SSSR count). The van der Waals surface area contributed by atoms with Gasteiger partial charge in [0.2, 0.25) is 11.9 Å². The fraction of sp³-hybridized carbons (Fsp3) is 0.786. The van der Waals surface area contributed by atoms with Crippen LogP contribution in [0.1, 0.15) is 48.0 Å². The molecule has 0 fully saturated rings. The van der Waals surface area contributed by atoms with Gasteiger partial charge in [-0.1, -0.05) is 20.8 Å². The Bertz CT molecular complexity index is 409. The maximum Gasteiger partial charge on any atom is 0.323 e. The van der Waals surface area contributed by atoms with Crippen LogP contribution < -0.4 is 15.4 Å². The average molecular weight is 281 g/mol. The molecule has 6 heteroatoms. The SMILES string of the molecule is CCCNc1nc(NC(C)C(C)C)nc(OC(C)C)n1. The second kappa shape index (κ2) is 7.87. The number of aromatic nitrogens is 3. The minimum atomic E-state index is 0.0341. The number of rotatable bonds is 8. The summed E-state index contributed by atoms with van der Waals surface area (Å²) in [6.45, 7) is 13.2. The molecule has 114 valence electrons. The molecule has 0 aliphatic carbocycles. The third kappa shape index (κ3) is 5.59. The van der Waals surface area contributed by atoms with Crippen LogP contribution in [0.2, 0.25) is 0 Å². The van der Waals surface area contributed by atoms with Gasteiger partial charge >= 0.3 is 6.01 Å². The van der Waals surface area contributed by atoms with Crippen molar-refractivity contribution in [2.24, 2.45) is 5.92 Å². The molecule has 2 N–H and O–H groups in total. The molecule has 0 aromatic carbocycles. The maximum absolute atomic E-state index is 5.58. The standard InChI is InChI=1S/C14H27N5O/c1-7-8-15-12-17-13(16-11(6)9(2)3)19-14(18-12)20-10(4)5/h9-11H,7-8H2,1-6H3,(H2,15,16,17,18,19). The largest absolute Gasteiger partial charge is 0.461 e. The smallest absolute Gasteiger partial charge is 0.323 e. The maximum atomic E-state index is 5.58. The lowest BCUT2D eigenvalue weighted by atomic mass is 10.1. The lowest BCUT2D eigenvalue weighted by Gasteiger charge is -2.18. The van der Waals surface area contributed by atoms with Crippen molar-refractivity contribution in [3.63, 3.8) is 0 Å². The predicted octanol–water partition coefficient (Wildman–Crippen LogP) is 2.94.